The van der Waals surface area contributed by atoms with Crippen LogP contribution in [0.1, 0.15) is 62.6 Å². The van der Waals surface area contributed by atoms with E-state index >= 15 is 0 Å². The summed E-state index contributed by atoms with van der Waals surface area (Å²) in [6.07, 6.45) is 30.5. The minimum atomic E-state index is 0.393. The van der Waals surface area contributed by atoms with E-state index in [1.807, 2.05) is 0 Å². The first-order valence-corrected chi connectivity index (χ1v) is 22.6. The van der Waals surface area contributed by atoms with Crippen molar-refractivity contribution in [1.29, 1.82) is 0 Å². The standard InChI is InChI=1S/C60H46/c1-33-13-11-14-34(2)52(33)40-27-39-24-23-37-25-26-44-46-31-49-50(32-47(46)48-30-41(28-40)53(39)56(37)58(44)48)54(35-15-5-3-6-16-35)59-45-22-12-21-43-42-20-10-9-19-38(42)29-51(57(43)45)60(59)55(49)36-17-7-4-8-18-36/h3-8,10-18,20-24,27-28,30-33,38-39,52-53H,9,19,25-26,29H2,1-2H3. The average Bonchev–Trinajstić information content (AvgIpc) is 3.78. The van der Waals surface area contributed by atoms with Gasteiger partial charge >= 0.3 is 0 Å². The van der Waals surface area contributed by atoms with Gasteiger partial charge in [0.2, 0.25) is 0 Å². The average molecular weight is 767 g/mol. The highest BCUT2D eigenvalue weighted by atomic mass is 14.5. The third kappa shape index (κ3) is 4.37. The topological polar surface area (TPSA) is 0 Å². The molecule has 0 heteroatoms. The lowest BCUT2D eigenvalue weighted by Crippen LogP contribution is -2.35. The van der Waals surface area contributed by atoms with E-state index in [4.69, 9.17) is 0 Å². The van der Waals surface area contributed by atoms with Crippen LogP contribution in [-0.2, 0) is 0 Å². The number of fused-ring (bicyclic) bond motifs is 8. The van der Waals surface area contributed by atoms with Crippen molar-refractivity contribution in [2.24, 2.45) is 29.6 Å². The molecular formula is C60H46. The molecule has 0 fully saturated rings. The van der Waals surface area contributed by atoms with E-state index in [2.05, 4.69) is 166 Å². The van der Waals surface area contributed by atoms with Gasteiger partial charge in [-0.2, -0.15) is 0 Å². The molecule has 286 valence electrons. The van der Waals surface area contributed by atoms with Gasteiger partial charge in [-0.3, -0.25) is 0 Å². The molecule has 14 rings (SSSR count). The molecule has 5 unspecified atom stereocenters. The molecule has 0 radical (unpaired) electrons. The van der Waals surface area contributed by atoms with Crippen LogP contribution >= 0.6 is 0 Å². The molecular weight excluding hydrogens is 721 g/mol. The molecule has 0 N–H and O–H groups in total. The lowest BCUT2D eigenvalue weighted by Gasteiger charge is -2.42. The van der Waals surface area contributed by atoms with Gasteiger partial charge in [0.25, 0.3) is 0 Å². The van der Waals surface area contributed by atoms with Crippen LogP contribution in [0.3, 0.4) is 0 Å². The van der Waals surface area contributed by atoms with Crippen molar-refractivity contribution >= 4 is 33.1 Å². The number of hydrogen-bond acceptors (Lipinski definition) is 0. The van der Waals surface area contributed by atoms with Gasteiger partial charge in [-0.25, -0.2) is 0 Å². The predicted molar refractivity (Wildman–Crippen MR) is 251 cm³/mol. The van der Waals surface area contributed by atoms with Gasteiger partial charge in [0.15, 0.2) is 0 Å². The molecule has 0 heterocycles. The Kier molecular flexibility index (Phi) is 6.81. The van der Waals surface area contributed by atoms with Crippen LogP contribution in [-0.4, -0.2) is 0 Å². The summed E-state index contributed by atoms with van der Waals surface area (Å²) in [4.78, 5) is 0. The molecule has 5 aromatic rings. The molecule has 0 spiro atoms. The largest absolute Gasteiger partial charge is 0.0842 e. The summed E-state index contributed by atoms with van der Waals surface area (Å²) >= 11 is 0. The minimum absolute atomic E-state index is 0.393. The molecule has 0 aliphatic heterocycles. The number of rotatable bonds is 3. The second-order valence-electron chi connectivity index (χ2n) is 18.9. The second kappa shape index (κ2) is 12.2. The fourth-order valence-corrected chi connectivity index (χ4v) is 13.5. The molecule has 0 amide bonds. The summed E-state index contributed by atoms with van der Waals surface area (Å²) in [7, 11) is 0. The van der Waals surface area contributed by atoms with Gasteiger partial charge in [-0.15, -0.1) is 0 Å². The van der Waals surface area contributed by atoms with Gasteiger partial charge in [0.05, 0.1) is 0 Å². The van der Waals surface area contributed by atoms with Gasteiger partial charge < -0.3 is 0 Å². The Hall–Kier alpha value is -6.24. The van der Waals surface area contributed by atoms with E-state index < -0.39 is 0 Å². The molecule has 0 saturated carbocycles. The van der Waals surface area contributed by atoms with Crippen molar-refractivity contribution < 1.29 is 0 Å². The van der Waals surface area contributed by atoms with E-state index in [1.165, 1.54) is 106 Å². The lowest BCUT2D eigenvalue weighted by molar-refractivity contribution is 0.526. The Morgan fingerprint density at radius 3 is 2.23 bits per heavy atom. The van der Waals surface area contributed by atoms with Gasteiger partial charge in [-0.05, 0) is 191 Å². The second-order valence-corrected chi connectivity index (χ2v) is 18.9. The maximum atomic E-state index is 2.67. The molecule has 0 aromatic heterocycles. The lowest BCUT2D eigenvalue weighted by atomic mass is 9.61. The Labute approximate surface area is 352 Å². The van der Waals surface area contributed by atoms with Crippen molar-refractivity contribution in [2.45, 2.75) is 46.0 Å². The highest BCUT2D eigenvalue weighted by Gasteiger charge is 2.45. The van der Waals surface area contributed by atoms with Crippen molar-refractivity contribution in [2.75, 3.05) is 0 Å². The van der Waals surface area contributed by atoms with Crippen LogP contribution < -0.4 is 10.4 Å². The van der Waals surface area contributed by atoms with Crippen molar-refractivity contribution in [1.82, 2.24) is 0 Å². The summed E-state index contributed by atoms with van der Waals surface area (Å²) in [6, 6.07) is 35.3. The molecule has 60 heavy (non-hydrogen) atoms. The van der Waals surface area contributed by atoms with E-state index in [0.717, 1.165) is 19.3 Å². The van der Waals surface area contributed by atoms with Gasteiger partial charge in [0.1, 0.15) is 0 Å². The fourth-order valence-electron chi connectivity index (χ4n) is 13.5. The highest BCUT2D eigenvalue weighted by molar-refractivity contribution is 6.21. The quantitative estimate of drug-likeness (QED) is 0.172. The molecule has 5 aromatic carbocycles. The zero-order valence-electron chi connectivity index (χ0n) is 34.4. The zero-order valence-corrected chi connectivity index (χ0v) is 34.4. The minimum Gasteiger partial charge on any atom is -0.0842 e. The predicted octanol–water partition coefficient (Wildman–Crippen LogP) is 13.6. The highest BCUT2D eigenvalue weighted by Crippen LogP contribution is 2.62. The first-order valence-electron chi connectivity index (χ1n) is 22.6. The zero-order chi connectivity index (χ0) is 39.4. The first kappa shape index (κ1) is 33.6. The monoisotopic (exact) mass is 766 g/mol. The maximum Gasteiger partial charge on any atom is 0.0196 e. The summed E-state index contributed by atoms with van der Waals surface area (Å²) in [5, 5.41) is 5.71. The Morgan fingerprint density at radius 2 is 1.43 bits per heavy atom. The Morgan fingerprint density at radius 1 is 0.650 bits per heavy atom. The van der Waals surface area contributed by atoms with E-state index in [9.17, 15) is 0 Å². The van der Waals surface area contributed by atoms with Crippen molar-refractivity contribution in [3.63, 3.8) is 0 Å². The summed E-state index contributed by atoms with van der Waals surface area (Å²) < 4.78 is 0. The van der Waals surface area contributed by atoms with E-state index in [1.54, 1.807) is 33.4 Å². The van der Waals surface area contributed by atoms with E-state index in [-0.39, 0.29) is 0 Å². The molecule has 9 aliphatic carbocycles. The molecule has 0 nitrogen and oxygen atoms in total. The van der Waals surface area contributed by atoms with Crippen LogP contribution in [0.25, 0.3) is 66.4 Å². The third-order valence-electron chi connectivity index (χ3n) is 15.9. The van der Waals surface area contributed by atoms with E-state index in [0.29, 0.717) is 29.6 Å². The van der Waals surface area contributed by atoms with Crippen LogP contribution in [0.4, 0.5) is 0 Å². The molecule has 5 atom stereocenters. The number of allylic oxidation sites excluding steroid dienone is 18. The van der Waals surface area contributed by atoms with Crippen LogP contribution in [0.15, 0.2) is 185 Å². The SMILES string of the molecule is CC1=CC=CC(C)C1C1=CC2C=CC3=C4C5=C(CC3)c3cc6c(-c7ccccc7)c7c(c(-c8ccccc8)c6cc3C5=CC(=C1)C42)-c1cccc2c1=C7CC1CCC=CC=21. The molecule has 9 aliphatic rings. The summed E-state index contributed by atoms with van der Waals surface area (Å²) in [5.41, 5.74) is 28.0. The normalized spacial score (nSPS) is 25.7. The summed E-state index contributed by atoms with van der Waals surface area (Å²) in [6.45, 7) is 4.72. The number of benzene rings is 5. The van der Waals surface area contributed by atoms with Gasteiger partial charge in [0, 0.05) is 17.8 Å². The van der Waals surface area contributed by atoms with Crippen LogP contribution in [0.5, 0.6) is 0 Å². The van der Waals surface area contributed by atoms with Crippen molar-refractivity contribution in [3.05, 3.63) is 212 Å². The van der Waals surface area contributed by atoms with Crippen LogP contribution in [0, 0.1) is 29.6 Å². The van der Waals surface area contributed by atoms with Crippen molar-refractivity contribution in [3.8, 4) is 33.4 Å². The first-order chi connectivity index (χ1) is 29.6. The molecule has 0 bridgehead atoms. The Bertz CT molecular complexity index is 3280. The van der Waals surface area contributed by atoms with Gasteiger partial charge in [-0.1, -0.05) is 146 Å². The number of hydrogen-bond donors (Lipinski definition) is 0. The Balaban J connectivity index is 1.09. The third-order valence-corrected chi connectivity index (χ3v) is 15.9. The van der Waals surface area contributed by atoms with Crippen LogP contribution in [0.2, 0.25) is 0 Å². The molecule has 0 saturated heterocycles. The smallest absolute Gasteiger partial charge is 0.0196 e. The maximum absolute atomic E-state index is 2.67. The fraction of sp³-hybridized carbons (Fsp3) is 0.200. The summed E-state index contributed by atoms with van der Waals surface area (Å²) in [5.74, 6) is 2.27.